The minimum atomic E-state index is 0.559. The molecule has 2 aromatic rings. The van der Waals surface area contributed by atoms with Crippen molar-refractivity contribution in [1.29, 1.82) is 5.26 Å². The number of nitrogens with two attached hydrogens (primary N) is 1. The van der Waals surface area contributed by atoms with E-state index in [0.717, 1.165) is 22.7 Å². The lowest BCUT2D eigenvalue weighted by Gasteiger charge is -1.99. The molecular weight excluding hydrogens is 262 g/mol. The smallest absolute Gasteiger partial charge is 0.132 e. The van der Waals surface area contributed by atoms with Crippen molar-refractivity contribution in [2.75, 3.05) is 12.8 Å². The first-order chi connectivity index (χ1) is 8.78. The van der Waals surface area contributed by atoms with Crippen molar-refractivity contribution in [2.45, 2.75) is 11.3 Å². The fourth-order valence-corrected chi connectivity index (χ4v) is 2.92. The number of rotatable bonds is 4. The molecule has 92 valence electrons. The van der Waals surface area contributed by atoms with Crippen LogP contribution in [-0.4, -0.2) is 17.8 Å². The van der Waals surface area contributed by atoms with E-state index in [2.05, 4.69) is 11.1 Å². The Bertz CT molecular complexity index is 567. The van der Waals surface area contributed by atoms with Gasteiger partial charge in [-0.05, 0) is 24.9 Å². The van der Waals surface area contributed by atoms with Crippen LogP contribution in [0, 0.1) is 11.3 Å². The molecule has 2 rings (SSSR count). The molecule has 0 atom stereocenters. The zero-order valence-corrected chi connectivity index (χ0v) is 11.6. The van der Waals surface area contributed by atoms with Crippen molar-refractivity contribution < 1.29 is 0 Å². The van der Waals surface area contributed by atoms with Crippen LogP contribution in [0.4, 0.5) is 0 Å². The highest BCUT2D eigenvalue weighted by molar-refractivity contribution is 7.98. The second-order valence-corrected chi connectivity index (χ2v) is 5.63. The van der Waals surface area contributed by atoms with E-state index < -0.39 is 0 Å². The third kappa shape index (κ3) is 2.72. The van der Waals surface area contributed by atoms with Gasteiger partial charge in [-0.1, -0.05) is 12.1 Å². The van der Waals surface area contributed by atoms with Gasteiger partial charge in [0.2, 0.25) is 0 Å². The van der Waals surface area contributed by atoms with Crippen LogP contribution in [0.25, 0.3) is 11.3 Å². The molecule has 0 unspecified atom stereocenters. The fraction of sp³-hybridized carbons (Fsp3) is 0.231. The molecule has 3 nitrogen and oxygen atoms in total. The summed E-state index contributed by atoms with van der Waals surface area (Å²) in [4.78, 5) is 6.37. The van der Waals surface area contributed by atoms with Crippen LogP contribution >= 0.6 is 23.1 Å². The Morgan fingerprint density at radius 3 is 2.67 bits per heavy atom. The number of nitrogens with zero attached hydrogens (tertiary/aromatic N) is 2. The average Bonchev–Trinajstić information content (AvgIpc) is 2.82. The minimum Gasteiger partial charge on any atom is -0.330 e. The Kier molecular flexibility index (Phi) is 4.37. The molecule has 1 aromatic heterocycles. The van der Waals surface area contributed by atoms with Gasteiger partial charge in [-0.3, -0.25) is 0 Å². The Hall–Kier alpha value is -1.35. The van der Waals surface area contributed by atoms with E-state index in [4.69, 9.17) is 11.0 Å². The first kappa shape index (κ1) is 13.1. The molecule has 0 fully saturated rings. The quantitative estimate of drug-likeness (QED) is 0.871. The van der Waals surface area contributed by atoms with E-state index in [1.54, 1.807) is 11.8 Å². The van der Waals surface area contributed by atoms with Crippen LogP contribution in [0.3, 0.4) is 0 Å². The molecule has 0 bridgehead atoms. The highest BCUT2D eigenvalue weighted by Crippen LogP contribution is 2.29. The molecular formula is C13H13N3S2. The first-order valence-electron chi connectivity index (χ1n) is 5.52. The van der Waals surface area contributed by atoms with Gasteiger partial charge in [0.15, 0.2) is 0 Å². The van der Waals surface area contributed by atoms with Crippen molar-refractivity contribution in [3.63, 3.8) is 0 Å². The van der Waals surface area contributed by atoms with E-state index in [9.17, 15) is 0 Å². The second kappa shape index (κ2) is 6.01. The Morgan fingerprint density at radius 2 is 2.11 bits per heavy atom. The minimum absolute atomic E-state index is 0.559. The standard InChI is InChI=1S/C13H13N3S2/c1-17-10-4-2-9(3-5-10)13-11(8-15)18-12(16-13)6-7-14/h2-5H,6-7,14H2,1H3. The lowest BCUT2D eigenvalue weighted by molar-refractivity contribution is 0.954. The SMILES string of the molecule is CSc1ccc(-c2nc(CCN)sc2C#N)cc1. The zero-order chi connectivity index (χ0) is 13.0. The molecule has 1 aromatic carbocycles. The van der Waals surface area contributed by atoms with Gasteiger partial charge in [-0.15, -0.1) is 23.1 Å². The van der Waals surface area contributed by atoms with Crippen molar-refractivity contribution >= 4 is 23.1 Å². The maximum absolute atomic E-state index is 9.15. The summed E-state index contributed by atoms with van der Waals surface area (Å²) in [5.41, 5.74) is 7.29. The molecule has 0 aliphatic rings. The number of nitriles is 1. The molecule has 0 saturated carbocycles. The topological polar surface area (TPSA) is 62.7 Å². The largest absolute Gasteiger partial charge is 0.330 e. The van der Waals surface area contributed by atoms with Crippen LogP contribution in [0.5, 0.6) is 0 Å². The van der Waals surface area contributed by atoms with Crippen LogP contribution < -0.4 is 5.73 Å². The highest BCUT2D eigenvalue weighted by Gasteiger charge is 2.12. The molecule has 0 aliphatic carbocycles. The highest BCUT2D eigenvalue weighted by atomic mass is 32.2. The van der Waals surface area contributed by atoms with Gasteiger partial charge in [0.1, 0.15) is 10.9 Å². The normalized spacial score (nSPS) is 10.3. The summed E-state index contributed by atoms with van der Waals surface area (Å²) in [6.45, 7) is 0.559. The number of thiazole rings is 1. The van der Waals surface area contributed by atoms with E-state index in [1.165, 1.54) is 16.2 Å². The summed E-state index contributed by atoms with van der Waals surface area (Å²) in [5.74, 6) is 0. The molecule has 0 amide bonds. The van der Waals surface area contributed by atoms with Gasteiger partial charge in [-0.25, -0.2) is 4.98 Å². The average molecular weight is 275 g/mol. The lowest BCUT2D eigenvalue weighted by Crippen LogP contribution is -2.01. The fourth-order valence-electron chi connectivity index (χ4n) is 1.62. The predicted octanol–water partition coefficient (Wildman–Crippen LogP) is 2.90. The summed E-state index contributed by atoms with van der Waals surface area (Å²) in [6, 6.07) is 10.3. The molecule has 0 aliphatic heterocycles. The van der Waals surface area contributed by atoms with Gasteiger partial charge < -0.3 is 5.73 Å². The molecule has 18 heavy (non-hydrogen) atoms. The van der Waals surface area contributed by atoms with E-state index >= 15 is 0 Å². The molecule has 2 N–H and O–H groups in total. The zero-order valence-electron chi connectivity index (χ0n) is 10.0. The third-order valence-corrected chi connectivity index (χ3v) is 4.26. The molecule has 0 saturated heterocycles. The molecule has 0 radical (unpaired) electrons. The van der Waals surface area contributed by atoms with Gasteiger partial charge in [-0.2, -0.15) is 5.26 Å². The Balaban J connectivity index is 2.39. The van der Waals surface area contributed by atoms with Crippen molar-refractivity contribution in [3.05, 3.63) is 34.2 Å². The summed E-state index contributed by atoms with van der Waals surface area (Å²) in [6.07, 6.45) is 2.76. The Morgan fingerprint density at radius 1 is 1.39 bits per heavy atom. The van der Waals surface area contributed by atoms with Gasteiger partial charge >= 0.3 is 0 Å². The van der Waals surface area contributed by atoms with E-state index in [-0.39, 0.29) is 0 Å². The van der Waals surface area contributed by atoms with Gasteiger partial charge in [0.25, 0.3) is 0 Å². The summed E-state index contributed by atoms with van der Waals surface area (Å²) >= 11 is 3.13. The number of benzene rings is 1. The van der Waals surface area contributed by atoms with Crippen molar-refractivity contribution in [1.82, 2.24) is 4.98 Å². The lowest BCUT2D eigenvalue weighted by atomic mass is 10.1. The predicted molar refractivity (Wildman–Crippen MR) is 76.8 cm³/mol. The van der Waals surface area contributed by atoms with Crippen molar-refractivity contribution in [2.24, 2.45) is 5.73 Å². The van der Waals surface area contributed by atoms with E-state index in [1.807, 2.05) is 30.5 Å². The van der Waals surface area contributed by atoms with Crippen LogP contribution in [-0.2, 0) is 6.42 Å². The van der Waals surface area contributed by atoms with Gasteiger partial charge in [0, 0.05) is 16.9 Å². The van der Waals surface area contributed by atoms with E-state index in [0.29, 0.717) is 11.4 Å². The summed E-state index contributed by atoms with van der Waals surface area (Å²) in [7, 11) is 0. The number of aromatic nitrogens is 1. The molecule has 0 spiro atoms. The summed E-state index contributed by atoms with van der Waals surface area (Å²) in [5, 5.41) is 10.1. The maximum atomic E-state index is 9.15. The second-order valence-electron chi connectivity index (χ2n) is 3.66. The monoisotopic (exact) mass is 275 g/mol. The van der Waals surface area contributed by atoms with Crippen molar-refractivity contribution in [3.8, 4) is 17.3 Å². The third-order valence-electron chi connectivity index (χ3n) is 2.49. The number of hydrogen-bond donors (Lipinski definition) is 1. The first-order valence-corrected chi connectivity index (χ1v) is 7.57. The Labute approximate surface area is 115 Å². The van der Waals surface area contributed by atoms with Gasteiger partial charge in [0.05, 0.1) is 10.7 Å². The molecule has 5 heteroatoms. The van der Waals surface area contributed by atoms with Crippen LogP contribution in [0.2, 0.25) is 0 Å². The van der Waals surface area contributed by atoms with Crippen LogP contribution in [0.15, 0.2) is 29.2 Å². The number of thioether (sulfide) groups is 1. The molecule has 1 heterocycles. The number of hydrogen-bond acceptors (Lipinski definition) is 5. The maximum Gasteiger partial charge on any atom is 0.132 e. The van der Waals surface area contributed by atoms with Crippen LogP contribution in [0.1, 0.15) is 9.88 Å². The summed E-state index contributed by atoms with van der Waals surface area (Å²) < 4.78 is 0.